The van der Waals surface area contributed by atoms with Crippen LogP contribution in [0.1, 0.15) is 40.9 Å². The molecule has 5 nitrogen and oxygen atoms in total. The zero-order chi connectivity index (χ0) is 16.7. The molecule has 0 aliphatic rings. The monoisotopic (exact) mass is 312 g/mol. The standard InChI is InChI=1S/C18H20N2O3/c1-13(16-4-3-11-19-12-16)20-17(21)10-7-14-5-8-15(9-6-14)18(22)23-2/h3-6,8-9,11-13H,7,10H2,1-2H3,(H,20,21). The fraction of sp³-hybridized carbons (Fsp3) is 0.278. The molecular weight excluding hydrogens is 292 g/mol. The molecule has 0 spiro atoms. The molecular formula is C18H20N2O3. The lowest BCUT2D eigenvalue weighted by Gasteiger charge is -2.13. The summed E-state index contributed by atoms with van der Waals surface area (Å²) in [5.41, 5.74) is 2.48. The van der Waals surface area contributed by atoms with Gasteiger partial charge in [0, 0.05) is 18.8 Å². The third-order valence-corrected chi connectivity index (χ3v) is 3.58. The zero-order valence-electron chi connectivity index (χ0n) is 13.3. The number of ether oxygens (including phenoxy) is 1. The van der Waals surface area contributed by atoms with Crippen LogP contribution in [0.2, 0.25) is 0 Å². The van der Waals surface area contributed by atoms with Gasteiger partial charge in [0.15, 0.2) is 0 Å². The number of nitrogens with zero attached hydrogens (tertiary/aromatic N) is 1. The van der Waals surface area contributed by atoms with E-state index in [9.17, 15) is 9.59 Å². The Kier molecular flexibility index (Phi) is 5.86. The molecule has 1 aromatic carbocycles. The quantitative estimate of drug-likeness (QED) is 0.833. The highest BCUT2D eigenvalue weighted by Gasteiger charge is 2.10. The van der Waals surface area contributed by atoms with Crippen molar-refractivity contribution in [2.24, 2.45) is 0 Å². The summed E-state index contributed by atoms with van der Waals surface area (Å²) in [6.45, 7) is 1.93. The number of nitrogens with one attached hydrogen (secondary N) is 1. The van der Waals surface area contributed by atoms with E-state index in [4.69, 9.17) is 0 Å². The van der Waals surface area contributed by atoms with Crippen molar-refractivity contribution in [1.29, 1.82) is 0 Å². The molecule has 5 heteroatoms. The number of aromatic nitrogens is 1. The smallest absolute Gasteiger partial charge is 0.337 e. The van der Waals surface area contributed by atoms with Crippen LogP contribution in [-0.2, 0) is 16.0 Å². The molecule has 0 saturated carbocycles. The van der Waals surface area contributed by atoms with E-state index in [1.165, 1.54) is 7.11 Å². The van der Waals surface area contributed by atoms with Crippen molar-refractivity contribution in [3.63, 3.8) is 0 Å². The van der Waals surface area contributed by atoms with Gasteiger partial charge in [-0.25, -0.2) is 4.79 Å². The number of amides is 1. The summed E-state index contributed by atoms with van der Waals surface area (Å²) in [6.07, 6.45) is 4.46. The number of hydrogen-bond acceptors (Lipinski definition) is 4. The molecule has 1 unspecified atom stereocenters. The van der Waals surface area contributed by atoms with Crippen molar-refractivity contribution in [3.8, 4) is 0 Å². The fourth-order valence-electron chi connectivity index (χ4n) is 2.21. The first-order valence-corrected chi connectivity index (χ1v) is 7.46. The van der Waals surface area contributed by atoms with E-state index in [1.807, 2.05) is 31.2 Å². The van der Waals surface area contributed by atoms with Gasteiger partial charge in [-0.05, 0) is 42.7 Å². The van der Waals surface area contributed by atoms with Gasteiger partial charge in [-0.2, -0.15) is 0 Å². The number of benzene rings is 1. The summed E-state index contributed by atoms with van der Waals surface area (Å²) >= 11 is 0. The Morgan fingerprint density at radius 2 is 1.96 bits per heavy atom. The van der Waals surface area contributed by atoms with Gasteiger partial charge in [-0.15, -0.1) is 0 Å². The van der Waals surface area contributed by atoms with Crippen LogP contribution in [0.25, 0.3) is 0 Å². The van der Waals surface area contributed by atoms with Gasteiger partial charge in [-0.3, -0.25) is 9.78 Å². The van der Waals surface area contributed by atoms with Gasteiger partial charge in [0.05, 0.1) is 18.7 Å². The molecule has 0 aliphatic heterocycles. The molecule has 0 fully saturated rings. The summed E-state index contributed by atoms with van der Waals surface area (Å²) in [4.78, 5) is 27.4. The Hall–Kier alpha value is -2.69. The second kappa shape index (κ2) is 8.08. The van der Waals surface area contributed by atoms with Crippen LogP contribution in [0.5, 0.6) is 0 Å². The molecule has 2 aromatic rings. The molecule has 1 atom stereocenters. The molecule has 120 valence electrons. The summed E-state index contributed by atoms with van der Waals surface area (Å²) in [7, 11) is 1.35. The molecule has 1 aromatic heterocycles. The predicted molar refractivity (Wildman–Crippen MR) is 86.9 cm³/mol. The van der Waals surface area contributed by atoms with Crippen LogP contribution in [0, 0.1) is 0 Å². The van der Waals surface area contributed by atoms with Crippen molar-refractivity contribution in [2.45, 2.75) is 25.8 Å². The van der Waals surface area contributed by atoms with Crippen LogP contribution in [0.3, 0.4) is 0 Å². The van der Waals surface area contributed by atoms with Gasteiger partial charge < -0.3 is 10.1 Å². The molecule has 1 amide bonds. The summed E-state index contributed by atoms with van der Waals surface area (Å²) < 4.78 is 4.65. The van der Waals surface area contributed by atoms with Crippen LogP contribution in [0.4, 0.5) is 0 Å². The maximum absolute atomic E-state index is 12.0. The molecule has 0 radical (unpaired) electrons. The number of methoxy groups -OCH3 is 1. The first-order valence-electron chi connectivity index (χ1n) is 7.46. The minimum atomic E-state index is -0.361. The number of pyridine rings is 1. The second-order valence-electron chi connectivity index (χ2n) is 5.26. The van der Waals surface area contributed by atoms with E-state index in [0.717, 1.165) is 11.1 Å². The minimum Gasteiger partial charge on any atom is -0.465 e. The van der Waals surface area contributed by atoms with Gasteiger partial charge >= 0.3 is 5.97 Å². The molecule has 2 rings (SSSR count). The molecule has 23 heavy (non-hydrogen) atoms. The average molecular weight is 312 g/mol. The highest BCUT2D eigenvalue weighted by Crippen LogP contribution is 2.11. The Bertz CT molecular complexity index is 654. The normalized spacial score (nSPS) is 11.6. The molecule has 0 aliphatic carbocycles. The Labute approximate surface area is 135 Å². The summed E-state index contributed by atoms with van der Waals surface area (Å²) in [5.74, 6) is -0.377. The van der Waals surface area contributed by atoms with E-state index < -0.39 is 0 Å². The number of aryl methyl sites for hydroxylation is 1. The average Bonchev–Trinajstić information content (AvgIpc) is 2.60. The van der Waals surface area contributed by atoms with E-state index in [0.29, 0.717) is 18.4 Å². The summed E-state index contributed by atoms with van der Waals surface area (Å²) in [6, 6.07) is 10.8. The van der Waals surface area contributed by atoms with Crippen molar-refractivity contribution in [1.82, 2.24) is 10.3 Å². The van der Waals surface area contributed by atoms with Crippen LogP contribution < -0.4 is 5.32 Å². The van der Waals surface area contributed by atoms with Crippen LogP contribution >= 0.6 is 0 Å². The lowest BCUT2D eigenvalue weighted by molar-refractivity contribution is -0.121. The van der Waals surface area contributed by atoms with Gasteiger partial charge in [-0.1, -0.05) is 18.2 Å². The van der Waals surface area contributed by atoms with E-state index in [2.05, 4.69) is 15.0 Å². The Morgan fingerprint density at radius 1 is 1.22 bits per heavy atom. The Balaban J connectivity index is 1.83. The fourth-order valence-corrected chi connectivity index (χ4v) is 2.21. The first-order chi connectivity index (χ1) is 11.1. The molecule has 1 heterocycles. The molecule has 0 saturated heterocycles. The number of carbonyl (C=O) groups excluding carboxylic acids is 2. The van der Waals surface area contributed by atoms with E-state index in [1.54, 1.807) is 24.5 Å². The highest BCUT2D eigenvalue weighted by atomic mass is 16.5. The minimum absolute atomic E-state index is 0.0154. The topological polar surface area (TPSA) is 68.3 Å². The van der Waals surface area contributed by atoms with Crippen molar-refractivity contribution < 1.29 is 14.3 Å². The largest absolute Gasteiger partial charge is 0.465 e. The third kappa shape index (κ3) is 4.92. The van der Waals surface area contributed by atoms with Gasteiger partial charge in [0.2, 0.25) is 5.91 Å². The second-order valence-corrected chi connectivity index (χ2v) is 5.26. The number of hydrogen-bond donors (Lipinski definition) is 1. The van der Waals surface area contributed by atoms with E-state index >= 15 is 0 Å². The van der Waals surface area contributed by atoms with Gasteiger partial charge in [0.25, 0.3) is 0 Å². The lowest BCUT2D eigenvalue weighted by atomic mass is 10.1. The maximum atomic E-state index is 12.0. The van der Waals surface area contributed by atoms with Crippen molar-refractivity contribution in [3.05, 3.63) is 65.5 Å². The molecule has 1 N–H and O–H groups in total. The van der Waals surface area contributed by atoms with Crippen molar-refractivity contribution in [2.75, 3.05) is 7.11 Å². The van der Waals surface area contributed by atoms with Gasteiger partial charge in [0.1, 0.15) is 0 Å². The Morgan fingerprint density at radius 3 is 2.57 bits per heavy atom. The zero-order valence-corrected chi connectivity index (χ0v) is 13.3. The van der Waals surface area contributed by atoms with E-state index in [-0.39, 0.29) is 17.9 Å². The SMILES string of the molecule is COC(=O)c1ccc(CCC(=O)NC(C)c2cccnc2)cc1. The van der Waals surface area contributed by atoms with Crippen LogP contribution in [-0.4, -0.2) is 24.0 Å². The molecule has 0 bridgehead atoms. The summed E-state index contributed by atoms with van der Waals surface area (Å²) in [5, 5.41) is 2.95. The van der Waals surface area contributed by atoms with Crippen molar-refractivity contribution >= 4 is 11.9 Å². The third-order valence-electron chi connectivity index (χ3n) is 3.58. The number of rotatable bonds is 6. The highest BCUT2D eigenvalue weighted by molar-refractivity contribution is 5.89. The number of esters is 1. The number of carbonyl (C=O) groups is 2. The first kappa shape index (κ1) is 16.7. The van der Waals surface area contributed by atoms with Crippen LogP contribution in [0.15, 0.2) is 48.8 Å². The maximum Gasteiger partial charge on any atom is 0.337 e. The lowest BCUT2D eigenvalue weighted by Crippen LogP contribution is -2.26. The predicted octanol–water partition coefficient (Wildman–Crippen LogP) is 2.68.